The molecule has 0 atom stereocenters. The van der Waals surface area contributed by atoms with Crippen molar-refractivity contribution >= 4 is 30.9 Å². The fraction of sp³-hybridized carbons (Fsp3) is 0.250. The largest absolute Gasteiger partial charge is 0.497 e. The number of aromatic nitrogens is 1. The zero-order chi connectivity index (χ0) is 21.4. The third-order valence-corrected chi connectivity index (χ3v) is 8.95. The maximum Gasteiger partial charge on any atom is 0.245 e. The number of para-hydroxylation sites is 1. The molecule has 0 saturated carbocycles. The standard InChI is InChI=1S/C20H21N3O5S2/c1-28-17-7-9-18(10-8-17)29(24,25)22-12-14-23(15-13-22)30(26,27)19-6-2-4-16-5-3-11-21-20(16)19/h2-11H,12-15H2,1H3. The lowest BCUT2D eigenvalue weighted by molar-refractivity contribution is 0.273. The Balaban J connectivity index is 1.55. The van der Waals surface area contributed by atoms with Crippen LogP contribution in [-0.4, -0.2) is 63.7 Å². The van der Waals surface area contributed by atoms with Crippen molar-refractivity contribution < 1.29 is 21.6 Å². The van der Waals surface area contributed by atoms with E-state index in [0.29, 0.717) is 11.3 Å². The van der Waals surface area contributed by atoms with Gasteiger partial charge in [0.05, 0.1) is 17.5 Å². The van der Waals surface area contributed by atoms with Crippen molar-refractivity contribution in [2.24, 2.45) is 0 Å². The lowest BCUT2D eigenvalue weighted by atomic mass is 10.2. The van der Waals surface area contributed by atoms with Crippen LogP contribution in [0.2, 0.25) is 0 Å². The van der Waals surface area contributed by atoms with E-state index in [1.165, 1.54) is 33.9 Å². The number of nitrogens with zero attached hydrogens (tertiary/aromatic N) is 3. The van der Waals surface area contributed by atoms with E-state index in [1.807, 2.05) is 0 Å². The van der Waals surface area contributed by atoms with Gasteiger partial charge in [-0.25, -0.2) is 16.8 Å². The van der Waals surface area contributed by atoms with E-state index < -0.39 is 20.0 Å². The molecular formula is C20H21N3O5S2. The first-order chi connectivity index (χ1) is 14.3. The molecule has 0 aliphatic carbocycles. The maximum atomic E-state index is 13.2. The summed E-state index contributed by atoms with van der Waals surface area (Å²) in [5.74, 6) is 0.563. The van der Waals surface area contributed by atoms with Crippen molar-refractivity contribution in [2.75, 3.05) is 33.3 Å². The minimum Gasteiger partial charge on any atom is -0.497 e. The number of ether oxygens (including phenoxy) is 1. The summed E-state index contributed by atoms with van der Waals surface area (Å²) in [6.45, 7) is 0.291. The lowest BCUT2D eigenvalue weighted by Gasteiger charge is -2.33. The molecule has 0 N–H and O–H groups in total. The van der Waals surface area contributed by atoms with Crippen LogP contribution in [0.4, 0.5) is 0 Å². The molecule has 3 aromatic rings. The van der Waals surface area contributed by atoms with Gasteiger partial charge in [0.2, 0.25) is 20.0 Å². The van der Waals surface area contributed by atoms with Gasteiger partial charge in [-0.15, -0.1) is 0 Å². The fourth-order valence-electron chi connectivity index (χ4n) is 3.47. The maximum absolute atomic E-state index is 13.2. The zero-order valence-electron chi connectivity index (χ0n) is 16.3. The molecule has 0 spiro atoms. The average molecular weight is 448 g/mol. The fourth-order valence-corrected chi connectivity index (χ4v) is 6.48. The number of piperazine rings is 1. The van der Waals surface area contributed by atoms with Crippen LogP contribution in [0.5, 0.6) is 5.75 Å². The third kappa shape index (κ3) is 3.67. The van der Waals surface area contributed by atoms with Gasteiger partial charge in [0, 0.05) is 37.8 Å². The third-order valence-electron chi connectivity index (χ3n) is 5.11. The molecule has 0 amide bonds. The van der Waals surface area contributed by atoms with Crippen molar-refractivity contribution in [2.45, 2.75) is 9.79 Å². The Hall–Kier alpha value is -2.53. The van der Waals surface area contributed by atoms with Gasteiger partial charge in [-0.05, 0) is 36.4 Å². The van der Waals surface area contributed by atoms with E-state index in [2.05, 4.69) is 4.98 Å². The molecule has 30 heavy (non-hydrogen) atoms. The quantitative estimate of drug-likeness (QED) is 0.593. The van der Waals surface area contributed by atoms with Crippen LogP contribution in [0, 0.1) is 0 Å². The molecule has 0 bridgehead atoms. The summed E-state index contributed by atoms with van der Waals surface area (Å²) in [5, 5.41) is 0.735. The number of methoxy groups -OCH3 is 1. The molecule has 1 aliphatic heterocycles. The second-order valence-corrected chi connectivity index (χ2v) is 10.7. The summed E-state index contributed by atoms with van der Waals surface area (Å²) >= 11 is 0. The molecule has 158 valence electrons. The summed E-state index contributed by atoms with van der Waals surface area (Å²) < 4.78 is 59.9. The number of rotatable bonds is 5. The van der Waals surface area contributed by atoms with Crippen LogP contribution in [0.1, 0.15) is 0 Å². The predicted octanol–water partition coefficient (Wildman–Crippen LogP) is 1.94. The van der Waals surface area contributed by atoms with Gasteiger partial charge in [0.25, 0.3) is 0 Å². The van der Waals surface area contributed by atoms with E-state index in [9.17, 15) is 16.8 Å². The molecule has 0 unspecified atom stereocenters. The average Bonchev–Trinajstić information content (AvgIpc) is 2.78. The number of fused-ring (bicyclic) bond motifs is 1. The second kappa shape index (κ2) is 7.95. The van der Waals surface area contributed by atoms with Gasteiger partial charge in [-0.2, -0.15) is 8.61 Å². The van der Waals surface area contributed by atoms with Crippen molar-refractivity contribution in [3.63, 3.8) is 0 Å². The van der Waals surface area contributed by atoms with Crippen molar-refractivity contribution in [3.05, 3.63) is 60.8 Å². The van der Waals surface area contributed by atoms with Gasteiger partial charge < -0.3 is 4.74 Å². The minimum absolute atomic E-state index is 0.0704. The molecule has 0 radical (unpaired) electrons. The number of benzene rings is 2. The molecule has 1 fully saturated rings. The van der Waals surface area contributed by atoms with Gasteiger partial charge in [0.1, 0.15) is 10.6 Å². The monoisotopic (exact) mass is 447 g/mol. The Morgan fingerprint density at radius 2 is 1.40 bits per heavy atom. The van der Waals surface area contributed by atoms with E-state index in [1.54, 1.807) is 42.6 Å². The van der Waals surface area contributed by atoms with E-state index in [0.717, 1.165) is 5.39 Å². The highest BCUT2D eigenvalue weighted by Crippen LogP contribution is 2.26. The van der Waals surface area contributed by atoms with E-state index in [4.69, 9.17) is 4.74 Å². The first kappa shape index (κ1) is 20.7. The number of sulfonamides is 2. The predicted molar refractivity (Wildman–Crippen MR) is 112 cm³/mol. The van der Waals surface area contributed by atoms with Gasteiger partial charge >= 0.3 is 0 Å². The normalized spacial score (nSPS) is 16.6. The smallest absolute Gasteiger partial charge is 0.245 e. The molecule has 8 nitrogen and oxygen atoms in total. The van der Waals surface area contributed by atoms with Crippen LogP contribution < -0.4 is 4.74 Å². The molecule has 10 heteroatoms. The Bertz CT molecular complexity index is 1260. The summed E-state index contributed by atoms with van der Waals surface area (Å²) in [7, 11) is -6.00. The lowest BCUT2D eigenvalue weighted by Crippen LogP contribution is -2.50. The van der Waals surface area contributed by atoms with Crippen LogP contribution in [0.3, 0.4) is 0 Å². The SMILES string of the molecule is COc1ccc(S(=O)(=O)N2CCN(S(=O)(=O)c3cccc4cccnc34)CC2)cc1. The van der Waals surface area contributed by atoms with Crippen LogP contribution in [0.25, 0.3) is 10.9 Å². The summed E-state index contributed by atoms with van der Waals surface area (Å²) in [5.41, 5.74) is 0.410. The van der Waals surface area contributed by atoms with Crippen LogP contribution in [-0.2, 0) is 20.0 Å². The van der Waals surface area contributed by atoms with Crippen molar-refractivity contribution in [1.29, 1.82) is 0 Å². The van der Waals surface area contributed by atoms with Crippen LogP contribution in [0.15, 0.2) is 70.6 Å². The van der Waals surface area contributed by atoms with Crippen molar-refractivity contribution in [1.82, 2.24) is 13.6 Å². The number of hydrogen-bond acceptors (Lipinski definition) is 6. The molecule has 4 rings (SSSR count). The number of hydrogen-bond donors (Lipinski definition) is 0. The van der Waals surface area contributed by atoms with Crippen LogP contribution >= 0.6 is 0 Å². The van der Waals surface area contributed by atoms with E-state index >= 15 is 0 Å². The highest BCUT2D eigenvalue weighted by atomic mass is 32.2. The summed E-state index contributed by atoms with van der Waals surface area (Å²) in [6, 6.07) is 14.7. The zero-order valence-corrected chi connectivity index (χ0v) is 17.9. The Kier molecular flexibility index (Phi) is 5.49. The Morgan fingerprint density at radius 3 is 2.03 bits per heavy atom. The van der Waals surface area contributed by atoms with Gasteiger partial charge in [-0.3, -0.25) is 4.98 Å². The van der Waals surface area contributed by atoms with Crippen molar-refractivity contribution in [3.8, 4) is 5.75 Å². The number of pyridine rings is 1. The Labute approximate surface area is 175 Å². The first-order valence-corrected chi connectivity index (χ1v) is 12.2. The Morgan fingerprint density at radius 1 is 0.800 bits per heavy atom. The second-order valence-electron chi connectivity index (χ2n) is 6.81. The molecular weight excluding hydrogens is 426 g/mol. The first-order valence-electron chi connectivity index (χ1n) is 9.32. The topological polar surface area (TPSA) is 96.9 Å². The molecule has 2 aromatic carbocycles. The highest BCUT2D eigenvalue weighted by Gasteiger charge is 2.34. The molecule has 1 saturated heterocycles. The molecule has 1 aromatic heterocycles. The minimum atomic E-state index is -3.80. The van der Waals surface area contributed by atoms with Gasteiger partial charge in [0.15, 0.2) is 0 Å². The summed E-state index contributed by atoms with van der Waals surface area (Å²) in [6.07, 6.45) is 1.56. The molecule has 1 aliphatic rings. The van der Waals surface area contributed by atoms with Gasteiger partial charge in [-0.1, -0.05) is 18.2 Å². The summed E-state index contributed by atoms with van der Waals surface area (Å²) in [4.78, 5) is 4.51. The molecule has 2 heterocycles. The van der Waals surface area contributed by atoms with E-state index in [-0.39, 0.29) is 36.0 Å². The highest BCUT2D eigenvalue weighted by molar-refractivity contribution is 7.89.